The highest BCUT2D eigenvalue weighted by Crippen LogP contribution is 2.37. The van der Waals surface area contributed by atoms with Crippen molar-refractivity contribution < 1.29 is 14.6 Å². The molecule has 0 bridgehead atoms. The van der Waals surface area contributed by atoms with E-state index in [1.807, 2.05) is 54.6 Å². The van der Waals surface area contributed by atoms with Gasteiger partial charge in [-0.2, -0.15) is 9.64 Å². The maximum Gasteiger partial charge on any atom is 0.263 e. The van der Waals surface area contributed by atoms with Gasteiger partial charge >= 0.3 is 0 Å². The number of pyridine rings is 2. The van der Waals surface area contributed by atoms with Gasteiger partial charge in [0.1, 0.15) is 18.1 Å². The van der Waals surface area contributed by atoms with E-state index >= 15 is 0 Å². The summed E-state index contributed by atoms with van der Waals surface area (Å²) in [6.45, 7) is 4.14. The third-order valence-corrected chi connectivity index (χ3v) is 7.85. The second-order valence-electron chi connectivity index (χ2n) is 8.78. The maximum atomic E-state index is 12.8. The molecule has 0 amide bonds. The first-order valence-corrected chi connectivity index (χ1v) is 14.1. The molecule has 0 spiro atoms. The van der Waals surface area contributed by atoms with Crippen molar-refractivity contribution in [3.8, 4) is 40.0 Å². The Hall–Kier alpha value is -4.66. The molecular formula is C28H24N6O3S2. The van der Waals surface area contributed by atoms with Crippen LogP contribution in [0.1, 0.15) is 32.4 Å². The number of nitrogens with zero attached hydrogens (tertiary/aromatic N) is 5. The lowest BCUT2D eigenvalue weighted by atomic mass is 10.0. The predicted molar refractivity (Wildman–Crippen MR) is 151 cm³/mol. The number of nitrogens with one attached hydrogen (secondary N) is 1. The number of anilines is 1. The lowest BCUT2D eigenvalue weighted by Gasteiger charge is -2.15. The van der Waals surface area contributed by atoms with E-state index in [9.17, 15) is 13.7 Å². The first-order chi connectivity index (χ1) is 18.8. The van der Waals surface area contributed by atoms with Crippen LogP contribution in [0, 0.1) is 11.3 Å². The molecule has 196 valence electrons. The molecule has 0 unspecified atom stereocenters. The average Bonchev–Trinajstić information content (AvgIpc) is 3.46. The Labute approximate surface area is 231 Å². The molecule has 9 nitrogen and oxygen atoms in total. The molecule has 0 saturated carbocycles. The molecule has 0 aliphatic heterocycles. The van der Waals surface area contributed by atoms with Crippen LogP contribution in [0.25, 0.3) is 22.4 Å². The van der Waals surface area contributed by atoms with Crippen LogP contribution in [-0.4, -0.2) is 27.7 Å². The Bertz CT molecular complexity index is 1770. The lowest BCUT2D eigenvalue weighted by molar-refractivity contribution is 0.480. The van der Waals surface area contributed by atoms with Crippen molar-refractivity contribution in [1.29, 1.82) is 5.26 Å². The van der Waals surface area contributed by atoms with E-state index < -0.39 is 10.0 Å². The molecule has 0 radical (unpaired) electrons. The first kappa shape index (κ1) is 26.0. The normalized spacial score (nSPS) is 11.2. The summed E-state index contributed by atoms with van der Waals surface area (Å²) in [4.78, 5) is 12.8. The predicted octanol–water partition coefficient (Wildman–Crippen LogP) is 6.50. The van der Waals surface area contributed by atoms with Crippen LogP contribution in [0.2, 0.25) is 0 Å². The van der Waals surface area contributed by atoms with Crippen molar-refractivity contribution in [2.45, 2.75) is 24.7 Å². The third kappa shape index (κ3) is 5.77. The molecular weight excluding hydrogens is 532 g/mol. The highest BCUT2D eigenvalue weighted by molar-refractivity contribution is 7.93. The molecule has 3 aromatic heterocycles. The fourth-order valence-electron chi connectivity index (χ4n) is 3.81. The summed E-state index contributed by atoms with van der Waals surface area (Å²) in [5.74, 6) is 0.828. The van der Waals surface area contributed by atoms with Gasteiger partial charge in [0.2, 0.25) is 5.13 Å². The zero-order valence-corrected chi connectivity index (χ0v) is 22.6. The quantitative estimate of drug-likeness (QED) is 0.229. The number of sulfonamides is 1. The molecule has 0 aliphatic carbocycles. The van der Waals surface area contributed by atoms with Gasteiger partial charge in [0.25, 0.3) is 10.0 Å². The fraction of sp³-hybridized carbons (Fsp3) is 0.107. The standard InChI is InChI=1S/C28H22N6O3S2.H2/c1-18(2)24-13-20(10-11-30-24)23-14-25(19-6-4-3-5-7-19)31-16-27(23)37-26-9-8-22(12-21(26)15-29)39(35,36)34-28-32-17-33-38-28;/h3-14,16-18H,1-2H3,(H,32,33,34);1H. The molecule has 0 aliphatic rings. The maximum absolute atomic E-state index is 12.8. The highest BCUT2D eigenvalue weighted by Gasteiger charge is 2.20. The molecule has 0 fully saturated rings. The van der Waals surface area contributed by atoms with Gasteiger partial charge in [-0.1, -0.05) is 44.2 Å². The van der Waals surface area contributed by atoms with E-state index in [0.29, 0.717) is 5.75 Å². The molecule has 5 aromatic rings. The Morgan fingerprint density at radius 3 is 2.51 bits per heavy atom. The molecule has 3 heterocycles. The summed E-state index contributed by atoms with van der Waals surface area (Å²) in [5, 5.41) is 9.96. The van der Waals surface area contributed by atoms with Crippen molar-refractivity contribution >= 4 is 26.7 Å². The van der Waals surface area contributed by atoms with Gasteiger partial charge in [-0.05, 0) is 47.9 Å². The summed E-state index contributed by atoms with van der Waals surface area (Å²) >= 11 is 0.908. The number of rotatable bonds is 8. The average molecular weight is 557 g/mol. The summed E-state index contributed by atoms with van der Waals surface area (Å²) in [6, 6.07) is 21.7. The van der Waals surface area contributed by atoms with Crippen LogP contribution in [0.5, 0.6) is 11.5 Å². The van der Waals surface area contributed by atoms with E-state index in [1.54, 1.807) is 12.4 Å². The van der Waals surface area contributed by atoms with Crippen molar-refractivity contribution in [3.63, 3.8) is 0 Å². The van der Waals surface area contributed by atoms with Crippen LogP contribution in [-0.2, 0) is 10.0 Å². The number of hydrogen-bond acceptors (Lipinski definition) is 9. The van der Waals surface area contributed by atoms with Gasteiger partial charge in [0, 0.05) is 36.0 Å². The second-order valence-corrected chi connectivity index (χ2v) is 11.2. The van der Waals surface area contributed by atoms with E-state index in [2.05, 4.69) is 37.9 Å². The number of aromatic nitrogens is 4. The van der Waals surface area contributed by atoms with Gasteiger partial charge in [0.05, 0.1) is 22.3 Å². The molecule has 0 saturated heterocycles. The van der Waals surface area contributed by atoms with Crippen molar-refractivity contribution in [1.82, 2.24) is 19.3 Å². The van der Waals surface area contributed by atoms with Crippen LogP contribution in [0.15, 0.2) is 90.3 Å². The number of nitriles is 1. The van der Waals surface area contributed by atoms with E-state index in [4.69, 9.17) is 4.74 Å². The summed E-state index contributed by atoms with van der Waals surface area (Å²) in [7, 11) is -3.97. The molecule has 39 heavy (non-hydrogen) atoms. The molecule has 0 atom stereocenters. The fourth-order valence-corrected chi connectivity index (χ4v) is 5.50. The Morgan fingerprint density at radius 2 is 1.79 bits per heavy atom. The smallest absolute Gasteiger partial charge is 0.263 e. The number of benzene rings is 2. The van der Waals surface area contributed by atoms with E-state index in [0.717, 1.165) is 39.6 Å². The zero-order chi connectivity index (χ0) is 27.4. The molecule has 2 aromatic carbocycles. The molecule has 5 rings (SSSR count). The van der Waals surface area contributed by atoms with Crippen LogP contribution in [0.4, 0.5) is 5.13 Å². The minimum absolute atomic E-state index is 0. The second kappa shape index (κ2) is 11.0. The van der Waals surface area contributed by atoms with Gasteiger partial charge in [-0.15, -0.1) is 0 Å². The van der Waals surface area contributed by atoms with E-state index in [-0.39, 0.29) is 28.7 Å². The summed E-state index contributed by atoms with van der Waals surface area (Å²) in [5.41, 5.74) is 4.30. The largest absolute Gasteiger partial charge is 0.454 e. The number of hydrogen-bond donors (Lipinski definition) is 1. The zero-order valence-electron chi connectivity index (χ0n) is 20.9. The first-order valence-electron chi connectivity index (χ1n) is 11.9. The van der Waals surface area contributed by atoms with Crippen molar-refractivity contribution in [2.24, 2.45) is 0 Å². The SMILES string of the molecule is CC(C)c1cc(-c2cc(-c3ccccc3)ncc2Oc2ccc(S(=O)(=O)Nc3ncns3)cc2C#N)ccn1.[HH]. The summed E-state index contributed by atoms with van der Waals surface area (Å²) in [6.07, 6.45) is 4.61. The highest BCUT2D eigenvalue weighted by atomic mass is 32.2. The minimum atomic E-state index is -3.97. The minimum Gasteiger partial charge on any atom is -0.454 e. The van der Waals surface area contributed by atoms with Crippen LogP contribution < -0.4 is 9.46 Å². The monoisotopic (exact) mass is 556 g/mol. The Kier molecular flexibility index (Phi) is 7.31. The van der Waals surface area contributed by atoms with Crippen molar-refractivity contribution in [2.75, 3.05) is 4.72 Å². The summed E-state index contributed by atoms with van der Waals surface area (Å²) < 4.78 is 37.9. The Balaban J connectivity index is 0.00000370. The number of ether oxygens (including phenoxy) is 1. The topological polar surface area (TPSA) is 131 Å². The molecule has 11 heteroatoms. The van der Waals surface area contributed by atoms with E-state index in [1.165, 1.54) is 24.5 Å². The lowest BCUT2D eigenvalue weighted by Crippen LogP contribution is -2.13. The van der Waals surface area contributed by atoms with Gasteiger partial charge < -0.3 is 4.74 Å². The third-order valence-electron chi connectivity index (χ3n) is 5.81. The van der Waals surface area contributed by atoms with Crippen LogP contribution >= 0.6 is 11.5 Å². The van der Waals surface area contributed by atoms with Gasteiger partial charge in [0.15, 0.2) is 5.75 Å². The van der Waals surface area contributed by atoms with Crippen LogP contribution in [0.3, 0.4) is 0 Å². The van der Waals surface area contributed by atoms with Gasteiger partial charge in [-0.25, -0.2) is 13.4 Å². The molecule has 1 N–H and O–H groups in total. The Morgan fingerprint density at radius 1 is 0.974 bits per heavy atom. The van der Waals surface area contributed by atoms with Gasteiger partial charge in [-0.3, -0.25) is 14.7 Å². The van der Waals surface area contributed by atoms with Crippen molar-refractivity contribution in [3.05, 3.63) is 96.7 Å².